The van der Waals surface area contributed by atoms with Gasteiger partial charge >= 0.3 is 18.2 Å². The second kappa shape index (κ2) is 13.0. The minimum Gasteiger partial charge on any atom is -0.492 e. The molecular weight excluding hydrogens is 580 g/mol. The van der Waals surface area contributed by atoms with Crippen molar-refractivity contribution in [1.29, 1.82) is 0 Å². The first-order chi connectivity index (χ1) is 21.1. The number of aliphatic carboxylic acids is 1. The van der Waals surface area contributed by atoms with E-state index in [1.54, 1.807) is 17.6 Å². The SMILES string of the molecule is CCC(C(=O)O)n1c2c(c3cc(F)ccc31)C[C@@H](N(CCOc1ccc(C(F)(F)F)cc1)C(=O)OCc1ccccc1)CC2. The Morgan fingerprint density at radius 3 is 2.45 bits per heavy atom. The van der Waals surface area contributed by atoms with Gasteiger partial charge in [0.25, 0.3) is 0 Å². The molecule has 1 N–H and O–H groups in total. The van der Waals surface area contributed by atoms with Crippen molar-refractivity contribution < 1.29 is 41.7 Å². The van der Waals surface area contributed by atoms with Gasteiger partial charge in [0, 0.05) is 22.6 Å². The molecule has 232 valence electrons. The molecule has 1 amide bonds. The minimum absolute atomic E-state index is 0.0114. The maximum Gasteiger partial charge on any atom is 0.416 e. The standard InChI is InChI=1S/C33H32F4N2O5/c1-2-28(31(40)41)39-29-14-10-23(34)18-26(29)27-19-24(11-15-30(27)39)38(32(42)44-20-21-6-4-3-5-7-21)16-17-43-25-12-8-22(9-13-25)33(35,36)37/h3-10,12-14,18,24,28H,2,11,15-17,19-20H2,1H3,(H,40,41)/t24-,28?/m0/s1. The highest BCUT2D eigenvalue weighted by molar-refractivity contribution is 5.88. The number of hydrogen-bond donors (Lipinski definition) is 1. The molecular formula is C33H32F4N2O5. The van der Waals surface area contributed by atoms with Crippen molar-refractivity contribution in [2.24, 2.45) is 0 Å². The molecule has 2 atom stereocenters. The van der Waals surface area contributed by atoms with Crippen molar-refractivity contribution in [1.82, 2.24) is 9.47 Å². The summed E-state index contributed by atoms with van der Waals surface area (Å²) in [4.78, 5) is 27.2. The van der Waals surface area contributed by atoms with E-state index in [0.29, 0.717) is 36.6 Å². The predicted molar refractivity (Wildman–Crippen MR) is 155 cm³/mol. The molecule has 0 aliphatic heterocycles. The summed E-state index contributed by atoms with van der Waals surface area (Å²) in [6.07, 6.45) is -3.45. The molecule has 1 heterocycles. The molecule has 0 saturated carbocycles. The van der Waals surface area contributed by atoms with Gasteiger partial charge in [0.15, 0.2) is 0 Å². The number of nitrogens with zero attached hydrogens (tertiary/aromatic N) is 2. The number of aromatic nitrogens is 1. The summed E-state index contributed by atoms with van der Waals surface area (Å²) in [5, 5.41) is 10.5. The van der Waals surface area contributed by atoms with Crippen LogP contribution in [0.1, 0.15) is 48.2 Å². The van der Waals surface area contributed by atoms with Crippen LogP contribution in [0, 0.1) is 5.82 Å². The Morgan fingerprint density at radius 2 is 1.80 bits per heavy atom. The molecule has 1 aliphatic carbocycles. The second-order valence-corrected chi connectivity index (χ2v) is 10.7. The number of alkyl halides is 3. The fraction of sp³-hybridized carbons (Fsp3) is 0.333. The zero-order valence-corrected chi connectivity index (χ0v) is 24.0. The summed E-state index contributed by atoms with van der Waals surface area (Å²) in [5.74, 6) is -1.21. The quantitative estimate of drug-likeness (QED) is 0.189. The summed E-state index contributed by atoms with van der Waals surface area (Å²) in [6, 6.07) is 16.6. The average Bonchev–Trinajstić information content (AvgIpc) is 3.31. The molecule has 0 bridgehead atoms. The molecule has 3 aromatic carbocycles. The van der Waals surface area contributed by atoms with E-state index in [4.69, 9.17) is 9.47 Å². The normalized spacial score (nSPS) is 15.4. The monoisotopic (exact) mass is 612 g/mol. The minimum atomic E-state index is -4.47. The third-order valence-electron chi connectivity index (χ3n) is 7.98. The lowest BCUT2D eigenvalue weighted by Gasteiger charge is -2.34. The van der Waals surface area contributed by atoms with Crippen LogP contribution in [0.4, 0.5) is 22.4 Å². The molecule has 0 saturated heterocycles. The van der Waals surface area contributed by atoms with Crippen molar-refractivity contribution in [2.45, 2.75) is 57.5 Å². The molecule has 11 heteroatoms. The fourth-order valence-corrected chi connectivity index (χ4v) is 5.86. The van der Waals surface area contributed by atoms with E-state index < -0.39 is 35.7 Å². The number of ether oxygens (including phenoxy) is 2. The van der Waals surface area contributed by atoms with E-state index in [0.717, 1.165) is 29.0 Å². The number of benzene rings is 3. The first-order valence-corrected chi connectivity index (χ1v) is 14.4. The number of halogens is 4. The summed E-state index contributed by atoms with van der Waals surface area (Å²) >= 11 is 0. The van der Waals surface area contributed by atoms with Gasteiger partial charge in [-0.1, -0.05) is 37.3 Å². The van der Waals surface area contributed by atoms with Crippen molar-refractivity contribution in [2.75, 3.05) is 13.2 Å². The largest absolute Gasteiger partial charge is 0.492 e. The van der Waals surface area contributed by atoms with Crippen LogP contribution in [0.3, 0.4) is 0 Å². The second-order valence-electron chi connectivity index (χ2n) is 10.7. The maximum atomic E-state index is 14.4. The van der Waals surface area contributed by atoms with Crippen LogP contribution in [0.25, 0.3) is 10.9 Å². The molecule has 1 aromatic heterocycles. The van der Waals surface area contributed by atoms with Gasteiger partial charge in [-0.2, -0.15) is 13.2 Å². The van der Waals surface area contributed by atoms with Gasteiger partial charge in [-0.15, -0.1) is 0 Å². The molecule has 0 spiro atoms. The number of carbonyl (C=O) groups excluding carboxylic acids is 1. The van der Waals surface area contributed by atoms with Gasteiger partial charge in [0.2, 0.25) is 0 Å². The fourth-order valence-electron chi connectivity index (χ4n) is 5.86. The highest BCUT2D eigenvalue weighted by atomic mass is 19.4. The Kier molecular flexibility index (Phi) is 9.12. The Bertz CT molecular complexity index is 1620. The zero-order chi connectivity index (χ0) is 31.4. The van der Waals surface area contributed by atoms with E-state index in [9.17, 15) is 32.3 Å². The molecule has 7 nitrogen and oxygen atoms in total. The van der Waals surface area contributed by atoms with Crippen molar-refractivity contribution >= 4 is 23.0 Å². The van der Waals surface area contributed by atoms with Crippen molar-refractivity contribution in [3.05, 3.63) is 101 Å². The summed E-state index contributed by atoms with van der Waals surface area (Å²) in [7, 11) is 0. The molecule has 0 fully saturated rings. The van der Waals surface area contributed by atoms with E-state index in [1.165, 1.54) is 29.2 Å². The average molecular weight is 613 g/mol. The topological polar surface area (TPSA) is 81.0 Å². The third kappa shape index (κ3) is 6.66. The molecule has 1 aliphatic rings. The van der Waals surface area contributed by atoms with Crippen LogP contribution in [-0.2, 0) is 35.2 Å². The number of carbonyl (C=O) groups is 2. The molecule has 1 unspecified atom stereocenters. The lowest BCUT2D eigenvalue weighted by atomic mass is 9.90. The van der Waals surface area contributed by atoms with Crippen LogP contribution >= 0.6 is 0 Å². The van der Waals surface area contributed by atoms with Crippen LogP contribution in [0.2, 0.25) is 0 Å². The maximum absolute atomic E-state index is 14.4. The summed E-state index contributed by atoms with van der Waals surface area (Å²) in [6.45, 7) is 1.89. The number of fused-ring (bicyclic) bond motifs is 3. The number of carboxylic acids is 1. The molecule has 4 aromatic rings. The predicted octanol–water partition coefficient (Wildman–Crippen LogP) is 7.41. The highest BCUT2D eigenvalue weighted by Gasteiger charge is 2.35. The lowest BCUT2D eigenvalue weighted by molar-refractivity contribution is -0.141. The Morgan fingerprint density at radius 1 is 1.07 bits per heavy atom. The van der Waals surface area contributed by atoms with Crippen molar-refractivity contribution in [3.63, 3.8) is 0 Å². The summed E-state index contributed by atoms with van der Waals surface area (Å²) in [5.41, 5.74) is 2.20. The van der Waals surface area contributed by atoms with Gasteiger partial charge in [0.05, 0.1) is 12.1 Å². The first-order valence-electron chi connectivity index (χ1n) is 14.4. The van der Waals surface area contributed by atoms with Crippen LogP contribution in [-0.4, -0.2) is 45.8 Å². The van der Waals surface area contributed by atoms with E-state index in [2.05, 4.69) is 0 Å². The molecule has 5 rings (SSSR count). The first kappa shape index (κ1) is 30.9. The van der Waals surface area contributed by atoms with E-state index in [-0.39, 0.29) is 31.5 Å². The van der Waals surface area contributed by atoms with Crippen LogP contribution in [0.15, 0.2) is 72.8 Å². The van der Waals surface area contributed by atoms with Gasteiger partial charge in [0.1, 0.15) is 30.8 Å². The number of carboxylic acid groups (broad SMARTS) is 1. The van der Waals surface area contributed by atoms with Gasteiger partial charge in [-0.3, -0.25) is 0 Å². The lowest BCUT2D eigenvalue weighted by Crippen LogP contribution is -2.45. The Hall–Kier alpha value is -4.54. The van der Waals surface area contributed by atoms with E-state index in [1.807, 2.05) is 30.3 Å². The third-order valence-corrected chi connectivity index (χ3v) is 7.98. The Labute approximate surface area is 251 Å². The van der Waals surface area contributed by atoms with Gasteiger partial charge < -0.3 is 24.0 Å². The van der Waals surface area contributed by atoms with E-state index >= 15 is 0 Å². The smallest absolute Gasteiger partial charge is 0.416 e. The number of rotatable bonds is 10. The van der Waals surface area contributed by atoms with Crippen LogP contribution < -0.4 is 4.74 Å². The number of hydrogen-bond acceptors (Lipinski definition) is 4. The molecule has 0 radical (unpaired) electrons. The Balaban J connectivity index is 1.40. The van der Waals surface area contributed by atoms with Crippen molar-refractivity contribution in [3.8, 4) is 5.75 Å². The highest BCUT2D eigenvalue weighted by Crippen LogP contribution is 2.37. The number of amides is 1. The molecule has 44 heavy (non-hydrogen) atoms. The van der Waals surface area contributed by atoms with Gasteiger partial charge in [-0.25, -0.2) is 14.0 Å². The van der Waals surface area contributed by atoms with Gasteiger partial charge in [-0.05, 0) is 79.3 Å². The van der Waals surface area contributed by atoms with Crippen LogP contribution in [0.5, 0.6) is 5.75 Å². The zero-order valence-electron chi connectivity index (χ0n) is 24.0. The summed E-state index contributed by atoms with van der Waals surface area (Å²) < 4.78 is 66.4.